The molecule has 0 aliphatic heterocycles. The lowest BCUT2D eigenvalue weighted by atomic mass is 10.1. The average Bonchev–Trinajstić information content (AvgIpc) is 2.74. The molecule has 84 valence electrons. The Balaban J connectivity index is 2.22. The number of H-pyrrole nitrogens is 1. The maximum Gasteiger partial charge on any atom is 0.116 e. The summed E-state index contributed by atoms with van der Waals surface area (Å²) in [6, 6.07) is 10.7. The van der Waals surface area contributed by atoms with Gasteiger partial charge in [0.2, 0.25) is 0 Å². The molecule has 0 radical (unpaired) electrons. The molecule has 0 unspecified atom stereocenters. The molecular formula is C13H9ClN2O. The molecule has 2 heterocycles. The molecule has 4 heteroatoms. The monoisotopic (exact) mass is 244 g/mol. The molecule has 17 heavy (non-hydrogen) atoms. The van der Waals surface area contributed by atoms with E-state index >= 15 is 0 Å². The van der Waals surface area contributed by atoms with E-state index in [9.17, 15) is 5.11 Å². The number of rotatable bonds is 1. The Morgan fingerprint density at radius 3 is 2.82 bits per heavy atom. The minimum Gasteiger partial charge on any atom is -0.508 e. The topological polar surface area (TPSA) is 48.9 Å². The first-order valence-corrected chi connectivity index (χ1v) is 5.54. The summed E-state index contributed by atoms with van der Waals surface area (Å²) in [6.45, 7) is 0. The fourth-order valence-corrected chi connectivity index (χ4v) is 2.02. The highest BCUT2D eigenvalue weighted by Crippen LogP contribution is 2.28. The Hall–Kier alpha value is -2.00. The van der Waals surface area contributed by atoms with Crippen LogP contribution in [0.15, 0.2) is 42.6 Å². The molecule has 0 atom stereocenters. The van der Waals surface area contributed by atoms with Gasteiger partial charge in [0, 0.05) is 17.5 Å². The number of nitrogens with zero attached hydrogens (tertiary/aromatic N) is 1. The molecule has 0 saturated heterocycles. The Morgan fingerprint density at radius 2 is 2.06 bits per heavy atom. The molecule has 2 N–H and O–H groups in total. The number of fused-ring (bicyclic) bond motifs is 1. The highest BCUT2D eigenvalue weighted by atomic mass is 35.5. The van der Waals surface area contributed by atoms with Crippen molar-refractivity contribution in [2.24, 2.45) is 0 Å². The van der Waals surface area contributed by atoms with Crippen LogP contribution in [-0.2, 0) is 0 Å². The summed E-state index contributed by atoms with van der Waals surface area (Å²) in [6.07, 6.45) is 1.67. The zero-order chi connectivity index (χ0) is 11.8. The first-order valence-electron chi connectivity index (χ1n) is 5.17. The van der Waals surface area contributed by atoms with Gasteiger partial charge in [-0.25, -0.2) is 0 Å². The highest BCUT2D eigenvalue weighted by Gasteiger charge is 2.07. The van der Waals surface area contributed by atoms with Crippen LogP contribution in [0.1, 0.15) is 0 Å². The Labute approximate surface area is 103 Å². The number of aromatic nitrogens is 2. The second-order valence-electron chi connectivity index (χ2n) is 3.79. The van der Waals surface area contributed by atoms with E-state index in [1.807, 2.05) is 12.1 Å². The maximum atomic E-state index is 9.45. The molecule has 3 nitrogen and oxygen atoms in total. The zero-order valence-electron chi connectivity index (χ0n) is 8.81. The molecule has 0 aliphatic carbocycles. The van der Waals surface area contributed by atoms with E-state index < -0.39 is 0 Å². The van der Waals surface area contributed by atoms with Crippen molar-refractivity contribution in [1.29, 1.82) is 0 Å². The Bertz CT molecular complexity index is 691. The molecule has 0 bridgehead atoms. The van der Waals surface area contributed by atoms with Crippen LogP contribution >= 0.6 is 11.6 Å². The molecule has 1 aromatic carbocycles. The van der Waals surface area contributed by atoms with Crippen molar-refractivity contribution in [2.75, 3.05) is 0 Å². The summed E-state index contributed by atoms with van der Waals surface area (Å²) >= 11 is 6.07. The van der Waals surface area contributed by atoms with Crippen molar-refractivity contribution in [2.45, 2.75) is 0 Å². The van der Waals surface area contributed by atoms with Crippen LogP contribution in [0.4, 0.5) is 0 Å². The first kappa shape index (κ1) is 10.2. The van der Waals surface area contributed by atoms with Crippen LogP contribution in [0, 0.1) is 0 Å². The third-order valence-electron chi connectivity index (χ3n) is 2.63. The number of phenolic OH excluding ortho intramolecular Hbond substituents is 1. The van der Waals surface area contributed by atoms with Gasteiger partial charge in [0.25, 0.3) is 0 Å². The highest BCUT2D eigenvalue weighted by molar-refractivity contribution is 6.34. The van der Waals surface area contributed by atoms with Crippen LogP contribution < -0.4 is 0 Å². The molecule has 3 rings (SSSR count). The number of nitrogens with one attached hydrogen (secondary N) is 1. The van der Waals surface area contributed by atoms with Crippen LogP contribution in [0.25, 0.3) is 22.3 Å². The van der Waals surface area contributed by atoms with Gasteiger partial charge in [-0.15, -0.1) is 0 Å². The molecule has 3 aromatic rings. The number of benzene rings is 1. The number of aromatic hydroxyl groups is 1. The molecule has 2 aromatic heterocycles. The van der Waals surface area contributed by atoms with Gasteiger partial charge in [0.05, 0.1) is 16.1 Å². The molecular weight excluding hydrogens is 236 g/mol. The fourth-order valence-electron chi connectivity index (χ4n) is 1.82. The summed E-state index contributed by atoms with van der Waals surface area (Å²) < 4.78 is 0. The van der Waals surface area contributed by atoms with E-state index in [0.29, 0.717) is 5.02 Å². The van der Waals surface area contributed by atoms with Crippen molar-refractivity contribution in [3.63, 3.8) is 0 Å². The van der Waals surface area contributed by atoms with Gasteiger partial charge >= 0.3 is 0 Å². The SMILES string of the molecule is Oc1cccc(-c2cc3nccc(Cl)c3[nH]2)c1. The number of halogens is 1. The predicted molar refractivity (Wildman–Crippen MR) is 68.2 cm³/mol. The number of hydrogen-bond donors (Lipinski definition) is 2. The fraction of sp³-hybridized carbons (Fsp3) is 0. The Morgan fingerprint density at radius 1 is 1.18 bits per heavy atom. The van der Waals surface area contributed by atoms with E-state index in [2.05, 4.69) is 9.97 Å². The summed E-state index contributed by atoms with van der Waals surface area (Å²) in [5.74, 6) is 0.236. The van der Waals surface area contributed by atoms with Crippen molar-refractivity contribution in [3.8, 4) is 17.0 Å². The number of aromatic amines is 1. The van der Waals surface area contributed by atoms with Gasteiger partial charge in [-0.05, 0) is 24.3 Å². The minimum atomic E-state index is 0.236. The molecule has 0 amide bonds. The summed E-state index contributed by atoms with van der Waals surface area (Å²) in [4.78, 5) is 7.43. The van der Waals surface area contributed by atoms with Crippen LogP contribution in [-0.4, -0.2) is 15.1 Å². The van der Waals surface area contributed by atoms with Gasteiger partial charge < -0.3 is 10.1 Å². The van der Waals surface area contributed by atoms with Gasteiger partial charge in [-0.3, -0.25) is 4.98 Å². The first-order chi connectivity index (χ1) is 8.24. The third kappa shape index (κ3) is 1.74. The maximum absolute atomic E-state index is 9.45. The van der Waals surface area contributed by atoms with Crippen molar-refractivity contribution in [3.05, 3.63) is 47.6 Å². The lowest BCUT2D eigenvalue weighted by Gasteiger charge is -1.98. The molecule has 0 saturated carbocycles. The van der Waals surface area contributed by atoms with E-state index in [1.54, 1.807) is 30.5 Å². The largest absolute Gasteiger partial charge is 0.508 e. The number of hydrogen-bond acceptors (Lipinski definition) is 2. The normalized spacial score (nSPS) is 10.9. The van der Waals surface area contributed by atoms with Gasteiger partial charge in [-0.2, -0.15) is 0 Å². The lowest BCUT2D eigenvalue weighted by Crippen LogP contribution is -1.76. The molecule has 0 fully saturated rings. The smallest absolute Gasteiger partial charge is 0.116 e. The number of pyridine rings is 1. The van der Waals surface area contributed by atoms with E-state index in [0.717, 1.165) is 22.3 Å². The quantitative estimate of drug-likeness (QED) is 0.687. The van der Waals surface area contributed by atoms with E-state index in [4.69, 9.17) is 11.6 Å². The lowest BCUT2D eigenvalue weighted by molar-refractivity contribution is 0.475. The second kappa shape index (κ2) is 3.79. The summed E-state index contributed by atoms with van der Waals surface area (Å²) in [7, 11) is 0. The number of phenols is 1. The van der Waals surface area contributed by atoms with Crippen molar-refractivity contribution >= 4 is 22.6 Å². The van der Waals surface area contributed by atoms with Crippen molar-refractivity contribution < 1.29 is 5.11 Å². The zero-order valence-corrected chi connectivity index (χ0v) is 9.57. The van der Waals surface area contributed by atoms with Crippen LogP contribution in [0.3, 0.4) is 0 Å². The average molecular weight is 245 g/mol. The van der Waals surface area contributed by atoms with Crippen molar-refractivity contribution in [1.82, 2.24) is 9.97 Å². The second-order valence-corrected chi connectivity index (χ2v) is 4.19. The van der Waals surface area contributed by atoms with E-state index in [1.165, 1.54) is 0 Å². The molecule has 0 aliphatic rings. The Kier molecular flexibility index (Phi) is 2.27. The van der Waals surface area contributed by atoms with Gasteiger partial charge in [-0.1, -0.05) is 23.7 Å². The van der Waals surface area contributed by atoms with Gasteiger partial charge in [0.1, 0.15) is 5.75 Å². The summed E-state index contributed by atoms with van der Waals surface area (Å²) in [5, 5.41) is 10.1. The predicted octanol–water partition coefficient (Wildman–Crippen LogP) is 3.59. The van der Waals surface area contributed by atoms with Gasteiger partial charge in [0.15, 0.2) is 0 Å². The third-order valence-corrected chi connectivity index (χ3v) is 2.94. The van der Waals surface area contributed by atoms with E-state index in [-0.39, 0.29) is 5.75 Å². The summed E-state index contributed by atoms with van der Waals surface area (Å²) in [5.41, 5.74) is 3.42. The standard InChI is InChI=1S/C13H9ClN2O/c14-10-4-5-15-12-7-11(16-13(10)12)8-2-1-3-9(17)6-8/h1-7,16-17H. The molecule has 0 spiro atoms. The minimum absolute atomic E-state index is 0.236. The van der Waals surface area contributed by atoms with Crippen LogP contribution in [0.5, 0.6) is 5.75 Å². The van der Waals surface area contributed by atoms with Crippen LogP contribution in [0.2, 0.25) is 5.02 Å².